The fourth-order valence-electron chi connectivity index (χ4n) is 2.09. The average molecular weight is 281 g/mol. The SMILES string of the molecule is COc1ccc(F)cc1CC(=O)NC(C(=O)O)C1CC1. The first-order valence-electron chi connectivity index (χ1n) is 6.36. The number of hydrogen-bond acceptors (Lipinski definition) is 3. The van der Waals surface area contributed by atoms with Crippen LogP contribution in [0.5, 0.6) is 5.75 Å². The number of ether oxygens (including phenoxy) is 1. The van der Waals surface area contributed by atoms with E-state index < -0.39 is 23.7 Å². The molecule has 0 bridgehead atoms. The highest BCUT2D eigenvalue weighted by atomic mass is 19.1. The van der Waals surface area contributed by atoms with Crippen molar-refractivity contribution in [1.29, 1.82) is 0 Å². The van der Waals surface area contributed by atoms with Crippen LogP contribution in [0.1, 0.15) is 18.4 Å². The molecule has 1 aliphatic carbocycles. The van der Waals surface area contributed by atoms with Gasteiger partial charge >= 0.3 is 5.97 Å². The molecule has 1 unspecified atom stereocenters. The molecule has 1 fully saturated rings. The van der Waals surface area contributed by atoms with E-state index in [0.29, 0.717) is 11.3 Å². The van der Waals surface area contributed by atoms with Gasteiger partial charge in [0.05, 0.1) is 13.5 Å². The summed E-state index contributed by atoms with van der Waals surface area (Å²) in [6.45, 7) is 0. The van der Waals surface area contributed by atoms with E-state index >= 15 is 0 Å². The van der Waals surface area contributed by atoms with Gasteiger partial charge in [-0.05, 0) is 37.0 Å². The van der Waals surface area contributed by atoms with Gasteiger partial charge in [-0.2, -0.15) is 0 Å². The zero-order valence-electron chi connectivity index (χ0n) is 11.1. The number of carbonyl (C=O) groups excluding carboxylic acids is 1. The average Bonchev–Trinajstić information content (AvgIpc) is 3.20. The lowest BCUT2D eigenvalue weighted by atomic mass is 10.1. The summed E-state index contributed by atoms with van der Waals surface area (Å²) in [6, 6.07) is 3.03. The largest absolute Gasteiger partial charge is 0.496 e. The van der Waals surface area contributed by atoms with Crippen molar-refractivity contribution in [2.45, 2.75) is 25.3 Å². The Balaban J connectivity index is 2.03. The number of carbonyl (C=O) groups is 2. The summed E-state index contributed by atoms with van der Waals surface area (Å²) in [7, 11) is 1.43. The predicted molar refractivity (Wildman–Crippen MR) is 68.9 cm³/mol. The highest BCUT2D eigenvalue weighted by molar-refractivity contribution is 5.85. The molecule has 2 N–H and O–H groups in total. The van der Waals surface area contributed by atoms with E-state index in [0.717, 1.165) is 12.8 Å². The molecule has 0 aliphatic heterocycles. The van der Waals surface area contributed by atoms with Crippen molar-refractivity contribution in [2.75, 3.05) is 7.11 Å². The van der Waals surface area contributed by atoms with Crippen molar-refractivity contribution in [3.8, 4) is 5.75 Å². The van der Waals surface area contributed by atoms with Crippen LogP contribution >= 0.6 is 0 Å². The Morgan fingerprint density at radius 3 is 2.75 bits per heavy atom. The first-order chi connectivity index (χ1) is 9.51. The summed E-state index contributed by atoms with van der Waals surface area (Å²) in [5.74, 6) is -1.54. The van der Waals surface area contributed by atoms with Crippen molar-refractivity contribution in [3.05, 3.63) is 29.6 Å². The van der Waals surface area contributed by atoms with Gasteiger partial charge in [-0.3, -0.25) is 4.79 Å². The number of amides is 1. The molecule has 0 aromatic heterocycles. The van der Waals surface area contributed by atoms with Gasteiger partial charge in [0.15, 0.2) is 0 Å². The Bertz CT molecular complexity index is 528. The number of carboxylic acids is 1. The predicted octanol–water partition coefficient (Wildman–Crippen LogP) is 1.36. The van der Waals surface area contributed by atoms with Crippen LogP contribution in [-0.2, 0) is 16.0 Å². The van der Waals surface area contributed by atoms with Gasteiger partial charge < -0.3 is 15.2 Å². The highest BCUT2D eigenvalue weighted by Crippen LogP contribution is 2.32. The maximum Gasteiger partial charge on any atom is 0.326 e. The molecule has 6 heteroatoms. The van der Waals surface area contributed by atoms with Gasteiger partial charge in [0.1, 0.15) is 17.6 Å². The Labute approximate surface area is 115 Å². The second kappa shape index (κ2) is 5.90. The molecule has 0 saturated heterocycles. The maximum atomic E-state index is 13.2. The van der Waals surface area contributed by atoms with E-state index in [1.54, 1.807) is 0 Å². The smallest absolute Gasteiger partial charge is 0.326 e. The Morgan fingerprint density at radius 2 is 2.20 bits per heavy atom. The van der Waals surface area contributed by atoms with E-state index in [4.69, 9.17) is 9.84 Å². The number of halogens is 1. The first kappa shape index (κ1) is 14.3. The number of nitrogens with one attached hydrogen (secondary N) is 1. The summed E-state index contributed by atoms with van der Waals surface area (Å²) >= 11 is 0. The van der Waals surface area contributed by atoms with Crippen molar-refractivity contribution in [3.63, 3.8) is 0 Å². The normalized spacial score (nSPS) is 15.5. The van der Waals surface area contributed by atoms with Crippen molar-refractivity contribution in [2.24, 2.45) is 5.92 Å². The molecule has 1 aromatic rings. The molecule has 1 aliphatic rings. The molecule has 108 valence electrons. The fraction of sp³-hybridized carbons (Fsp3) is 0.429. The summed E-state index contributed by atoms with van der Waals surface area (Å²) in [6.07, 6.45) is 1.50. The number of benzene rings is 1. The van der Waals surface area contributed by atoms with Crippen molar-refractivity contribution < 1.29 is 23.8 Å². The lowest BCUT2D eigenvalue weighted by Crippen LogP contribution is -2.43. The van der Waals surface area contributed by atoms with Crippen LogP contribution in [0.4, 0.5) is 4.39 Å². The zero-order chi connectivity index (χ0) is 14.7. The second-order valence-corrected chi connectivity index (χ2v) is 4.85. The van der Waals surface area contributed by atoms with E-state index in [-0.39, 0.29) is 12.3 Å². The third kappa shape index (κ3) is 3.46. The lowest BCUT2D eigenvalue weighted by Gasteiger charge is -2.14. The number of hydrogen-bond donors (Lipinski definition) is 2. The number of rotatable bonds is 6. The molecule has 0 radical (unpaired) electrons. The minimum absolute atomic E-state index is 0.00542. The van der Waals surface area contributed by atoms with Crippen LogP contribution < -0.4 is 10.1 Å². The van der Waals surface area contributed by atoms with Crippen LogP contribution in [0.3, 0.4) is 0 Å². The third-order valence-corrected chi connectivity index (χ3v) is 3.27. The molecule has 20 heavy (non-hydrogen) atoms. The van der Waals surface area contributed by atoms with Gasteiger partial charge in [-0.25, -0.2) is 9.18 Å². The van der Waals surface area contributed by atoms with Crippen LogP contribution in [0.25, 0.3) is 0 Å². The molecule has 5 nitrogen and oxygen atoms in total. The van der Waals surface area contributed by atoms with Gasteiger partial charge in [0.2, 0.25) is 5.91 Å². The highest BCUT2D eigenvalue weighted by Gasteiger charge is 2.37. The van der Waals surface area contributed by atoms with Crippen molar-refractivity contribution >= 4 is 11.9 Å². The van der Waals surface area contributed by atoms with Gasteiger partial charge in [0, 0.05) is 5.56 Å². The van der Waals surface area contributed by atoms with Gasteiger partial charge in [-0.15, -0.1) is 0 Å². The van der Waals surface area contributed by atoms with Gasteiger partial charge in [0.25, 0.3) is 0 Å². The summed E-state index contributed by atoms with van der Waals surface area (Å²) in [5.41, 5.74) is 0.393. The molecule has 0 spiro atoms. The Kier molecular flexibility index (Phi) is 4.22. The fourth-order valence-corrected chi connectivity index (χ4v) is 2.09. The van der Waals surface area contributed by atoms with Gasteiger partial charge in [-0.1, -0.05) is 0 Å². The standard InChI is InChI=1S/C14H16FNO4/c1-20-11-5-4-10(15)6-9(11)7-12(17)16-13(14(18)19)8-2-3-8/h4-6,8,13H,2-3,7H2,1H3,(H,16,17)(H,18,19). The van der Waals surface area contributed by atoms with Crippen LogP contribution in [-0.4, -0.2) is 30.1 Å². The molecule has 1 amide bonds. The monoisotopic (exact) mass is 281 g/mol. The molecule has 1 aromatic carbocycles. The molecule has 2 rings (SSSR count). The lowest BCUT2D eigenvalue weighted by molar-refractivity contribution is -0.142. The number of aliphatic carboxylic acids is 1. The minimum Gasteiger partial charge on any atom is -0.496 e. The summed E-state index contributed by atoms with van der Waals surface area (Å²) in [4.78, 5) is 22.9. The molecular weight excluding hydrogens is 265 g/mol. The Morgan fingerprint density at radius 1 is 1.50 bits per heavy atom. The summed E-state index contributed by atoms with van der Waals surface area (Å²) < 4.78 is 18.2. The second-order valence-electron chi connectivity index (χ2n) is 4.85. The Hall–Kier alpha value is -2.11. The molecule has 1 saturated carbocycles. The first-order valence-corrected chi connectivity index (χ1v) is 6.36. The molecule has 1 atom stereocenters. The van der Waals surface area contributed by atoms with E-state index in [1.165, 1.54) is 25.3 Å². The number of carboxylic acid groups (broad SMARTS) is 1. The zero-order valence-corrected chi connectivity index (χ0v) is 11.1. The van der Waals surface area contributed by atoms with E-state index in [9.17, 15) is 14.0 Å². The van der Waals surface area contributed by atoms with Crippen LogP contribution in [0, 0.1) is 11.7 Å². The molecule has 0 heterocycles. The van der Waals surface area contributed by atoms with Crippen LogP contribution in [0.15, 0.2) is 18.2 Å². The van der Waals surface area contributed by atoms with E-state index in [1.807, 2.05) is 0 Å². The topological polar surface area (TPSA) is 75.6 Å². The quantitative estimate of drug-likeness (QED) is 0.825. The summed E-state index contributed by atoms with van der Waals surface area (Å²) in [5, 5.41) is 11.5. The third-order valence-electron chi connectivity index (χ3n) is 3.27. The van der Waals surface area contributed by atoms with Crippen molar-refractivity contribution in [1.82, 2.24) is 5.32 Å². The number of methoxy groups -OCH3 is 1. The minimum atomic E-state index is -1.04. The van der Waals surface area contributed by atoms with Crippen LogP contribution in [0.2, 0.25) is 0 Å². The molecular formula is C14H16FNO4. The maximum absolute atomic E-state index is 13.2. The van der Waals surface area contributed by atoms with E-state index in [2.05, 4.69) is 5.32 Å².